The Kier molecular flexibility index (Phi) is 5.75. The lowest BCUT2D eigenvalue weighted by atomic mass is 10.1. The number of hydrogen-bond acceptors (Lipinski definition) is 3. The maximum atomic E-state index is 13.7. The van der Waals surface area contributed by atoms with Crippen molar-refractivity contribution < 1.29 is 13.9 Å². The zero-order chi connectivity index (χ0) is 15.1. The molecule has 0 saturated heterocycles. The number of hydrogen-bond donors (Lipinski definition) is 1. The number of rotatable bonds is 7. The number of benzene rings is 1. The SMILES string of the molecule is CCOc1ccc(CCNC(=O)Cc2cccs2)cc1F. The summed E-state index contributed by atoms with van der Waals surface area (Å²) in [5, 5.41) is 4.79. The Morgan fingerprint density at radius 1 is 1.38 bits per heavy atom. The van der Waals surface area contributed by atoms with Crippen molar-refractivity contribution in [2.75, 3.05) is 13.2 Å². The molecule has 0 aliphatic carbocycles. The highest BCUT2D eigenvalue weighted by atomic mass is 32.1. The molecule has 1 N–H and O–H groups in total. The highest BCUT2D eigenvalue weighted by Crippen LogP contribution is 2.18. The molecule has 1 heterocycles. The molecule has 0 aliphatic rings. The van der Waals surface area contributed by atoms with Crippen molar-refractivity contribution in [3.05, 3.63) is 52.0 Å². The van der Waals surface area contributed by atoms with Crippen molar-refractivity contribution in [1.29, 1.82) is 0 Å². The predicted octanol–water partition coefficient (Wildman–Crippen LogP) is 3.19. The fraction of sp³-hybridized carbons (Fsp3) is 0.312. The monoisotopic (exact) mass is 307 g/mol. The molecule has 1 aromatic heterocycles. The first-order valence-corrected chi connectivity index (χ1v) is 7.77. The number of amides is 1. The quantitative estimate of drug-likeness (QED) is 0.853. The Balaban J connectivity index is 1.78. The van der Waals surface area contributed by atoms with Gasteiger partial charge in [-0.1, -0.05) is 12.1 Å². The highest BCUT2D eigenvalue weighted by molar-refractivity contribution is 7.10. The van der Waals surface area contributed by atoms with E-state index in [1.54, 1.807) is 17.4 Å². The molecule has 0 radical (unpaired) electrons. The van der Waals surface area contributed by atoms with Crippen LogP contribution in [0.5, 0.6) is 5.75 Å². The molecule has 2 rings (SSSR count). The van der Waals surface area contributed by atoms with E-state index in [0.717, 1.165) is 10.4 Å². The topological polar surface area (TPSA) is 38.3 Å². The molecule has 112 valence electrons. The van der Waals surface area contributed by atoms with E-state index in [-0.39, 0.29) is 17.5 Å². The summed E-state index contributed by atoms with van der Waals surface area (Å²) in [6.07, 6.45) is 0.995. The van der Waals surface area contributed by atoms with Crippen LogP contribution in [0.1, 0.15) is 17.4 Å². The van der Waals surface area contributed by atoms with E-state index in [0.29, 0.717) is 26.0 Å². The van der Waals surface area contributed by atoms with Gasteiger partial charge in [-0.05, 0) is 42.5 Å². The van der Waals surface area contributed by atoms with Crippen LogP contribution < -0.4 is 10.1 Å². The van der Waals surface area contributed by atoms with Crippen LogP contribution in [0.15, 0.2) is 35.7 Å². The molecule has 21 heavy (non-hydrogen) atoms. The van der Waals surface area contributed by atoms with Crippen LogP contribution in [0.25, 0.3) is 0 Å². The van der Waals surface area contributed by atoms with Crippen LogP contribution in [0.3, 0.4) is 0 Å². The van der Waals surface area contributed by atoms with Crippen molar-refractivity contribution >= 4 is 17.2 Å². The largest absolute Gasteiger partial charge is 0.491 e. The number of thiophene rings is 1. The standard InChI is InChI=1S/C16H18FNO2S/c1-2-20-15-6-5-12(10-14(15)17)7-8-18-16(19)11-13-4-3-9-21-13/h3-6,9-10H,2,7-8,11H2,1H3,(H,18,19). The average molecular weight is 307 g/mol. The summed E-state index contributed by atoms with van der Waals surface area (Å²) in [6, 6.07) is 8.76. The van der Waals surface area contributed by atoms with Crippen LogP contribution in [-0.4, -0.2) is 19.1 Å². The third kappa shape index (κ3) is 4.86. The van der Waals surface area contributed by atoms with Gasteiger partial charge >= 0.3 is 0 Å². The maximum Gasteiger partial charge on any atom is 0.225 e. The van der Waals surface area contributed by atoms with Crippen LogP contribution >= 0.6 is 11.3 Å². The normalized spacial score (nSPS) is 10.4. The third-order valence-corrected chi connectivity index (χ3v) is 3.82. The molecule has 0 atom stereocenters. The Morgan fingerprint density at radius 2 is 2.24 bits per heavy atom. The molecule has 1 amide bonds. The molecule has 0 saturated carbocycles. The van der Waals surface area contributed by atoms with E-state index in [4.69, 9.17) is 4.74 Å². The summed E-state index contributed by atoms with van der Waals surface area (Å²) in [4.78, 5) is 12.7. The molecule has 2 aromatic rings. The second-order valence-electron chi connectivity index (χ2n) is 4.55. The van der Waals surface area contributed by atoms with E-state index >= 15 is 0 Å². The number of ether oxygens (including phenoxy) is 1. The van der Waals surface area contributed by atoms with Crippen molar-refractivity contribution in [3.8, 4) is 5.75 Å². The zero-order valence-electron chi connectivity index (χ0n) is 11.9. The first-order valence-electron chi connectivity index (χ1n) is 6.89. The van der Waals surface area contributed by atoms with Crippen molar-refractivity contribution in [2.24, 2.45) is 0 Å². The lowest BCUT2D eigenvalue weighted by molar-refractivity contribution is -0.120. The lowest BCUT2D eigenvalue weighted by Crippen LogP contribution is -2.26. The van der Waals surface area contributed by atoms with Gasteiger partial charge in [0.05, 0.1) is 13.0 Å². The zero-order valence-corrected chi connectivity index (χ0v) is 12.7. The first kappa shape index (κ1) is 15.5. The molecule has 1 aromatic carbocycles. The number of carbonyl (C=O) groups is 1. The summed E-state index contributed by atoms with van der Waals surface area (Å²) in [6.45, 7) is 2.75. The Bertz CT molecular complexity index is 584. The molecule has 3 nitrogen and oxygen atoms in total. The van der Waals surface area contributed by atoms with Gasteiger partial charge in [-0.3, -0.25) is 4.79 Å². The summed E-state index contributed by atoms with van der Waals surface area (Å²) >= 11 is 1.56. The van der Waals surface area contributed by atoms with Gasteiger partial charge in [0.15, 0.2) is 11.6 Å². The molecule has 0 spiro atoms. The van der Waals surface area contributed by atoms with Gasteiger partial charge < -0.3 is 10.1 Å². The van der Waals surface area contributed by atoms with Gasteiger partial charge in [0, 0.05) is 11.4 Å². The van der Waals surface area contributed by atoms with E-state index in [9.17, 15) is 9.18 Å². The van der Waals surface area contributed by atoms with Crippen molar-refractivity contribution in [1.82, 2.24) is 5.32 Å². The van der Waals surface area contributed by atoms with Crippen molar-refractivity contribution in [3.63, 3.8) is 0 Å². The van der Waals surface area contributed by atoms with Crippen molar-refractivity contribution in [2.45, 2.75) is 19.8 Å². The minimum Gasteiger partial charge on any atom is -0.491 e. The fourth-order valence-corrected chi connectivity index (χ4v) is 2.66. The van der Waals surface area contributed by atoms with E-state index in [2.05, 4.69) is 5.32 Å². The van der Waals surface area contributed by atoms with Gasteiger partial charge in [-0.25, -0.2) is 4.39 Å². The third-order valence-electron chi connectivity index (χ3n) is 2.95. The Labute approximate surface area is 127 Å². The van der Waals surface area contributed by atoms with Gasteiger partial charge in [0.1, 0.15) is 0 Å². The predicted molar refractivity (Wildman–Crippen MR) is 82.3 cm³/mol. The summed E-state index contributed by atoms with van der Waals surface area (Å²) < 4.78 is 18.8. The first-order chi connectivity index (χ1) is 10.2. The second kappa shape index (κ2) is 7.78. The second-order valence-corrected chi connectivity index (χ2v) is 5.59. The summed E-state index contributed by atoms with van der Waals surface area (Å²) in [7, 11) is 0. The van der Waals surface area contributed by atoms with E-state index < -0.39 is 0 Å². The molecule has 0 aliphatic heterocycles. The average Bonchev–Trinajstić information content (AvgIpc) is 2.95. The smallest absolute Gasteiger partial charge is 0.225 e. The molecule has 0 unspecified atom stereocenters. The Hall–Kier alpha value is -1.88. The van der Waals surface area contributed by atoms with E-state index in [1.807, 2.05) is 30.5 Å². The Morgan fingerprint density at radius 3 is 2.90 bits per heavy atom. The number of halogens is 1. The number of nitrogens with one attached hydrogen (secondary N) is 1. The molecule has 5 heteroatoms. The molecular formula is C16H18FNO2S. The van der Waals surface area contributed by atoms with Gasteiger partial charge in [-0.2, -0.15) is 0 Å². The molecule has 0 bridgehead atoms. The highest BCUT2D eigenvalue weighted by Gasteiger charge is 2.06. The summed E-state index contributed by atoms with van der Waals surface area (Å²) in [5.41, 5.74) is 0.840. The van der Waals surface area contributed by atoms with Gasteiger partial charge in [-0.15, -0.1) is 11.3 Å². The van der Waals surface area contributed by atoms with E-state index in [1.165, 1.54) is 6.07 Å². The fourth-order valence-electron chi connectivity index (χ4n) is 1.95. The minimum absolute atomic E-state index is 0.0103. The minimum atomic E-state index is -0.362. The lowest BCUT2D eigenvalue weighted by Gasteiger charge is -2.08. The van der Waals surface area contributed by atoms with Gasteiger partial charge in [0.2, 0.25) is 5.91 Å². The number of carbonyl (C=O) groups excluding carboxylic acids is 1. The molecule has 0 fully saturated rings. The summed E-state index contributed by atoms with van der Waals surface area (Å²) in [5.74, 6) is -0.105. The van der Waals surface area contributed by atoms with Gasteiger partial charge in [0.25, 0.3) is 0 Å². The van der Waals surface area contributed by atoms with Crippen LogP contribution in [0.2, 0.25) is 0 Å². The molecular weight excluding hydrogens is 289 g/mol. The van der Waals surface area contributed by atoms with Crippen LogP contribution in [-0.2, 0) is 17.6 Å². The maximum absolute atomic E-state index is 13.7. The van der Waals surface area contributed by atoms with Crippen LogP contribution in [0, 0.1) is 5.82 Å². The van der Waals surface area contributed by atoms with Crippen LogP contribution in [0.4, 0.5) is 4.39 Å².